The number of rotatable bonds is 5. The Hall–Kier alpha value is -2.01. The highest BCUT2D eigenvalue weighted by Gasteiger charge is 2.15. The first-order valence-corrected chi connectivity index (χ1v) is 6.34. The number of nitrogens with zero attached hydrogens (tertiary/aromatic N) is 2. The molecule has 0 spiro atoms. The zero-order chi connectivity index (χ0) is 13.8. The summed E-state index contributed by atoms with van der Waals surface area (Å²) in [7, 11) is 0. The molecule has 0 saturated heterocycles. The SMILES string of the molecule is CC[C@H](O)COc1nn(-c2ccccc2)c(N)c1C. The maximum Gasteiger partial charge on any atom is 0.238 e. The van der Waals surface area contributed by atoms with E-state index < -0.39 is 6.10 Å². The molecule has 3 N–H and O–H groups in total. The van der Waals surface area contributed by atoms with Crippen molar-refractivity contribution in [3.8, 4) is 11.6 Å². The summed E-state index contributed by atoms with van der Waals surface area (Å²) in [4.78, 5) is 0. The molecule has 0 aliphatic rings. The third-order valence-electron chi connectivity index (χ3n) is 3.01. The number of nitrogen functional groups attached to an aromatic ring is 1. The first-order valence-electron chi connectivity index (χ1n) is 6.34. The van der Waals surface area contributed by atoms with E-state index in [1.165, 1.54) is 0 Å². The number of benzene rings is 1. The molecule has 19 heavy (non-hydrogen) atoms. The standard InChI is InChI=1S/C14H19N3O2/c1-3-12(18)9-19-14-10(2)13(15)17(16-14)11-7-5-4-6-8-11/h4-8,12,18H,3,9,15H2,1-2H3/t12-/m0/s1. The lowest BCUT2D eigenvalue weighted by Gasteiger charge is -2.08. The van der Waals surface area contributed by atoms with Crippen molar-refractivity contribution in [1.29, 1.82) is 0 Å². The van der Waals surface area contributed by atoms with Gasteiger partial charge in [0.2, 0.25) is 5.88 Å². The fraction of sp³-hybridized carbons (Fsp3) is 0.357. The van der Waals surface area contributed by atoms with Gasteiger partial charge < -0.3 is 15.6 Å². The third kappa shape index (κ3) is 2.88. The molecule has 2 rings (SSSR count). The van der Waals surface area contributed by atoms with Crippen LogP contribution >= 0.6 is 0 Å². The third-order valence-corrected chi connectivity index (χ3v) is 3.01. The second-order valence-electron chi connectivity index (χ2n) is 4.44. The minimum absolute atomic E-state index is 0.225. The van der Waals surface area contributed by atoms with Crippen LogP contribution in [0.2, 0.25) is 0 Å². The molecule has 0 radical (unpaired) electrons. The van der Waals surface area contributed by atoms with E-state index in [2.05, 4.69) is 5.10 Å². The van der Waals surface area contributed by atoms with Gasteiger partial charge in [0.1, 0.15) is 12.4 Å². The van der Waals surface area contributed by atoms with Crippen molar-refractivity contribution >= 4 is 5.82 Å². The summed E-state index contributed by atoms with van der Waals surface area (Å²) in [5.74, 6) is 1.01. The quantitative estimate of drug-likeness (QED) is 0.862. The molecular formula is C14H19N3O2. The van der Waals surface area contributed by atoms with Gasteiger partial charge in [0.15, 0.2) is 0 Å². The Balaban J connectivity index is 2.24. The van der Waals surface area contributed by atoms with Gasteiger partial charge in [-0.15, -0.1) is 5.10 Å². The number of aromatic nitrogens is 2. The Morgan fingerprint density at radius 3 is 2.68 bits per heavy atom. The molecule has 0 aliphatic carbocycles. The van der Waals surface area contributed by atoms with E-state index in [4.69, 9.17) is 10.5 Å². The van der Waals surface area contributed by atoms with Crippen molar-refractivity contribution in [3.63, 3.8) is 0 Å². The molecule has 1 aromatic heterocycles. The van der Waals surface area contributed by atoms with Gasteiger partial charge in [0.05, 0.1) is 17.4 Å². The average Bonchev–Trinajstić information content (AvgIpc) is 2.73. The Bertz CT molecular complexity index is 537. The molecule has 0 aliphatic heterocycles. The van der Waals surface area contributed by atoms with Crippen LogP contribution in [0.3, 0.4) is 0 Å². The molecule has 0 amide bonds. The Morgan fingerprint density at radius 2 is 2.05 bits per heavy atom. The van der Waals surface area contributed by atoms with Crippen LogP contribution in [-0.2, 0) is 0 Å². The van der Waals surface area contributed by atoms with Gasteiger partial charge in [-0.2, -0.15) is 0 Å². The lowest BCUT2D eigenvalue weighted by Crippen LogP contribution is -2.16. The predicted molar refractivity (Wildman–Crippen MR) is 74.5 cm³/mol. The molecule has 1 heterocycles. The van der Waals surface area contributed by atoms with Crippen molar-refractivity contribution in [2.45, 2.75) is 26.4 Å². The number of para-hydroxylation sites is 1. The van der Waals surface area contributed by atoms with Gasteiger partial charge in [-0.05, 0) is 25.5 Å². The van der Waals surface area contributed by atoms with Crippen LogP contribution in [0.4, 0.5) is 5.82 Å². The summed E-state index contributed by atoms with van der Waals surface area (Å²) in [6, 6.07) is 9.63. The van der Waals surface area contributed by atoms with Gasteiger partial charge in [0, 0.05) is 0 Å². The Morgan fingerprint density at radius 1 is 1.37 bits per heavy atom. The summed E-state index contributed by atoms with van der Waals surface area (Å²) < 4.78 is 7.15. The highest BCUT2D eigenvalue weighted by molar-refractivity contribution is 5.51. The average molecular weight is 261 g/mol. The zero-order valence-corrected chi connectivity index (χ0v) is 11.2. The number of hydrogen-bond acceptors (Lipinski definition) is 4. The number of ether oxygens (including phenoxy) is 1. The molecule has 1 atom stereocenters. The summed E-state index contributed by atoms with van der Waals surface area (Å²) in [6.45, 7) is 3.98. The maximum absolute atomic E-state index is 9.51. The predicted octanol–water partition coefficient (Wildman–Crippen LogP) is 1.91. The lowest BCUT2D eigenvalue weighted by atomic mass is 10.3. The number of nitrogens with two attached hydrogens (primary N) is 1. The molecule has 0 bridgehead atoms. The molecule has 5 nitrogen and oxygen atoms in total. The van der Waals surface area contributed by atoms with Crippen LogP contribution in [0.1, 0.15) is 18.9 Å². The smallest absolute Gasteiger partial charge is 0.238 e. The van der Waals surface area contributed by atoms with E-state index in [1.54, 1.807) is 4.68 Å². The van der Waals surface area contributed by atoms with Crippen LogP contribution < -0.4 is 10.5 Å². The Kier molecular flexibility index (Phi) is 4.06. The van der Waals surface area contributed by atoms with Crippen LogP contribution in [0.5, 0.6) is 5.88 Å². The van der Waals surface area contributed by atoms with E-state index in [9.17, 15) is 5.11 Å². The van der Waals surface area contributed by atoms with Gasteiger partial charge >= 0.3 is 0 Å². The van der Waals surface area contributed by atoms with E-state index in [-0.39, 0.29) is 6.61 Å². The monoisotopic (exact) mass is 261 g/mol. The molecular weight excluding hydrogens is 242 g/mol. The number of anilines is 1. The van der Waals surface area contributed by atoms with Gasteiger partial charge in [-0.25, -0.2) is 4.68 Å². The van der Waals surface area contributed by atoms with E-state index in [0.29, 0.717) is 18.1 Å². The fourth-order valence-electron chi connectivity index (χ4n) is 1.68. The van der Waals surface area contributed by atoms with Crippen LogP contribution in [0, 0.1) is 6.92 Å². The van der Waals surface area contributed by atoms with Crippen LogP contribution in [-0.4, -0.2) is 27.6 Å². The molecule has 1 aromatic carbocycles. The molecule has 102 valence electrons. The maximum atomic E-state index is 9.51. The first kappa shape index (κ1) is 13.4. The minimum Gasteiger partial charge on any atom is -0.474 e. The highest BCUT2D eigenvalue weighted by Crippen LogP contribution is 2.25. The minimum atomic E-state index is -0.484. The fourth-order valence-corrected chi connectivity index (χ4v) is 1.68. The van der Waals surface area contributed by atoms with Crippen molar-refractivity contribution in [2.24, 2.45) is 0 Å². The first-order chi connectivity index (χ1) is 9.13. The largest absolute Gasteiger partial charge is 0.474 e. The van der Waals surface area contributed by atoms with Crippen molar-refractivity contribution in [3.05, 3.63) is 35.9 Å². The Labute approximate surface area is 112 Å². The summed E-state index contributed by atoms with van der Waals surface area (Å²) >= 11 is 0. The zero-order valence-electron chi connectivity index (χ0n) is 11.2. The summed E-state index contributed by atoms with van der Waals surface area (Å²) in [6.07, 6.45) is 0.163. The summed E-state index contributed by atoms with van der Waals surface area (Å²) in [5, 5.41) is 13.9. The van der Waals surface area contributed by atoms with Gasteiger partial charge in [-0.3, -0.25) is 0 Å². The van der Waals surface area contributed by atoms with E-state index >= 15 is 0 Å². The van der Waals surface area contributed by atoms with E-state index in [0.717, 1.165) is 11.3 Å². The van der Waals surface area contributed by atoms with Gasteiger partial charge in [-0.1, -0.05) is 25.1 Å². The molecule has 0 saturated carbocycles. The number of hydrogen-bond donors (Lipinski definition) is 2. The number of aliphatic hydroxyl groups excluding tert-OH is 1. The molecule has 0 fully saturated rings. The highest BCUT2D eigenvalue weighted by atomic mass is 16.5. The van der Waals surface area contributed by atoms with Crippen LogP contribution in [0.25, 0.3) is 5.69 Å². The number of aliphatic hydroxyl groups is 1. The normalized spacial score (nSPS) is 12.4. The topological polar surface area (TPSA) is 73.3 Å². The molecule has 0 unspecified atom stereocenters. The van der Waals surface area contributed by atoms with Crippen LogP contribution in [0.15, 0.2) is 30.3 Å². The van der Waals surface area contributed by atoms with Gasteiger partial charge in [0.25, 0.3) is 0 Å². The lowest BCUT2D eigenvalue weighted by molar-refractivity contribution is 0.101. The second-order valence-corrected chi connectivity index (χ2v) is 4.44. The second kappa shape index (κ2) is 5.75. The van der Waals surface area contributed by atoms with Crippen molar-refractivity contribution < 1.29 is 9.84 Å². The summed E-state index contributed by atoms with van der Waals surface area (Å²) in [5.41, 5.74) is 7.70. The molecule has 2 aromatic rings. The van der Waals surface area contributed by atoms with E-state index in [1.807, 2.05) is 44.2 Å². The van der Waals surface area contributed by atoms with Crippen molar-refractivity contribution in [1.82, 2.24) is 9.78 Å². The molecule has 5 heteroatoms. The van der Waals surface area contributed by atoms with Crippen molar-refractivity contribution in [2.75, 3.05) is 12.3 Å².